The van der Waals surface area contributed by atoms with E-state index in [1.807, 2.05) is 6.07 Å². The molecule has 1 N–H and O–H groups in total. The Bertz CT molecular complexity index is 361. The number of hydrogen-bond acceptors (Lipinski definition) is 1. The number of nitrogens with one attached hydrogen (secondary N) is 1. The van der Waals surface area contributed by atoms with Gasteiger partial charge < -0.3 is 5.32 Å². The summed E-state index contributed by atoms with van der Waals surface area (Å²) in [5, 5.41) is 3.60. The average Bonchev–Trinajstić information content (AvgIpc) is 2.70. The summed E-state index contributed by atoms with van der Waals surface area (Å²) in [4.78, 5) is 0. The molecular formula is C13H17BrFN. The molecule has 1 aliphatic rings. The van der Waals surface area contributed by atoms with Gasteiger partial charge >= 0.3 is 0 Å². The fourth-order valence-electron chi connectivity index (χ4n) is 2.39. The van der Waals surface area contributed by atoms with Crippen LogP contribution in [0.25, 0.3) is 0 Å². The van der Waals surface area contributed by atoms with E-state index in [1.165, 1.54) is 37.8 Å². The number of halogens is 2. The third-order valence-electron chi connectivity index (χ3n) is 3.27. The highest BCUT2D eigenvalue weighted by atomic mass is 79.9. The van der Waals surface area contributed by atoms with Gasteiger partial charge in [0.1, 0.15) is 5.82 Å². The molecule has 1 saturated carbocycles. The van der Waals surface area contributed by atoms with E-state index >= 15 is 0 Å². The highest BCUT2D eigenvalue weighted by Crippen LogP contribution is 2.27. The molecule has 2 rings (SSSR count). The Labute approximate surface area is 105 Å². The van der Waals surface area contributed by atoms with Gasteiger partial charge in [-0.15, -0.1) is 0 Å². The first-order valence-electron chi connectivity index (χ1n) is 5.88. The van der Waals surface area contributed by atoms with E-state index in [4.69, 9.17) is 0 Å². The smallest absolute Gasteiger partial charge is 0.124 e. The molecule has 16 heavy (non-hydrogen) atoms. The molecule has 1 fully saturated rings. The van der Waals surface area contributed by atoms with Crippen LogP contribution in [0.3, 0.4) is 0 Å². The fourth-order valence-corrected chi connectivity index (χ4v) is 3.08. The molecular weight excluding hydrogens is 269 g/mol. The maximum absolute atomic E-state index is 13.0. The van der Waals surface area contributed by atoms with Crippen LogP contribution in [0.2, 0.25) is 0 Å². The Morgan fingerprint density at radius 2 is 2.06 bits per heavy atom. The number of rotatable bonds is 3. The Balaban J connectivity index is 2.04. The lowest BCUT2D eigenvalue weighted by Crippen LogP contribution is -2.29. The molecule has 1 aromatic carbocycles. The predicted octanol–water partition coefficient (Wildman–Crippen LogP) is 4.18. The first kappa shape index (κ1) is 12.1. The fraction of sp³-hybridized carbons (Fsp3) is 0.538. The zero-order valence-electron chi connectivity index (χ0n) is 9.47. The summed E-state index contributed by atoms with van der Waals surface area (Å²) in [7, 11) is 0. The summed E-state index contributed by atoms with van der Waals surface area (Å²) in [6, 6.07) is 5.81. The standard InChI is InChI=1S/C13H17BrFN/c1-9(16-11-4-2-3-5-11)12-7-6-10(15)8-13(12)14/h6-9,11,16H,2-5H2,1H3. The van der Waals surface area contributed by atoms with Crippen molar-refractivity contribution in [1.29, 1.82) is 0 Å². The van der Waals surface area contributed by atoms with Gasteiger partial charge in [-0.25, -0.2) is 4.39 Å². The van der Waals surface area contributed by atoms with Gasteiger partial charge in [-0.1, -0.05) is 34.8 Å². The van der Waals surface area contributed by atoms with Crippen LogP contribution < -0.4 is 5.32 Å². The summed E-state index contributed by atoms with van der Waals surface area (Å²) in [5.41, 5.74) is 1.13. The van der Waals surface area contributed by atoms with Gasteiger partial charge in [-0.3, -0.25) is 0 Å². The van der Waals surface area contributed by atoms with E-state index in [9.17, 15) is 4.39 Å². The Morgan fingerprint density at radius 1 is 1.38 bits per heavy atom. The van der Waals surface area contributed by atoms with Crippen molar-refractivity contribution in [3.05, 3.63) is 34.1 Å². The van der Waals surface area contributed by atoms with Crippen LogP contribution in [0.5, 0.6) is 0 Å². The highest BCUT2D eigenvalue weighted by molar-refractivity contribution is 9.10. The van der Waals surface area contributed by atoms with Crippen LogP contribution in [-0.4, -0.2) is 6.04 Å². The maximum Gasteiger partial charge on any atom is 0.124 e. The lowest BCUT2D eigenvalue weighted by atomic mass is 10.1. The van der Waals surface area contributed by atoms with E-state index in [0.717, 1.165) is 10.0 Å². The lowest BCUT2D eigenvalue weighted by Gasteiger charge is -2.20. The summed E-state index contributed by atoms with van der Waals surface area (Å²) >= 11 is 3.42. The van der Waals surface area contributed by atoms with Crippen molar-refractivity contribution in [3.8, 4) is 0 Å². The van der Waals surface area contributed by atoms with E-state index < -0.39 is 0 Å². The Hall–Kier alpha value is -0.410. The third kappa shape index (κ3) is 2.83. The monoisotopic (exact) mass is 285 g/mol. The van der Waals surface area contributed by atoms with Gasteiger partial charge in [-0.05, 0) is 37.5 Å². The number of hydrogen-bond donors (Lipinski definition) is 1. The van der Waals surface area contributed by atoms with Crippen LogP contribution in [-0.2, 0) is 0 Å². The van der Waals surface area contributed by atoms with Gasteiger partial charge in [0, 0.05) is 16.6 Å². The molecule has 1 aromatic rings. The molecule has 0 saturated heterocycles. The normalized spacial score (nSPS) is 18.9. The topological polar surface area (TPSA) is 12.0 Å². The Morgan fingerprint density at radius 3 is 2.69 bits per heavy atom. The minimum Gasteiger partial charge on any atom is -0.307 e. The van der Waals surface area contributed by atoms with E-state index in [-0.39, 0.29) is 11.9 Å². The summed E-state index contributed by atoms with van der Waals surface area (Å²) in [5.74, 6) is -0.191. The summed E-state index contributed by atoms with van der Waals surface area (Å²) in [6.45, 7) is 2.14. The van der Waals surface area contributed by atoms with E-state index in [1.54, 1.807) is 0 Å². The first-order valence-corrected chi connectivity index (χ1v) is 6.67. The second-order valence-electron chi connectivity index (χ2n) is 4.54. The SMILES string of the molecule is CC(NC1CCCC1)c1ccc(F)cc1Br. The summed E-state index contributed by atoms with van der Waals surface area (Å²) < 4.78 is 13.8. The first-order chi connectivity index (χ1) is 7.66. The quantitative estimate of drug-likeness (QED) is 0.879. The van der Waals surface area contributed by atoms with Crippen molar-refractivity contribution in [1.82, 2.24) is 5.32 Å². The maximum atomic E-state index is 13.0. The molecule has 1 atom stereocenters. The van der Waals surface area contributed by atoms with Gasteiger partial charge in [-0.2, -0.15) is 0 Å². The second kappa shape index (κ2) is 5.28. The third-order valence-corrected chi connectivity index (χ3v) is 3.96. The highest BCUT2D eigenvalue weighted by Gasteiger charge is 2.18. The zero-order chi connectivity index (χ0) is 11.5. The molecule has 3 heteroatoms. The number of benzene rings is 1. The molecule has 0 aromatic heterocycles. The minimum atomic E-state index is -0.191. The molecule has 0 bridgehead atoms. The molecule has 0 heterocycles. The van der Waals surface area contributed by atoms with Crippen molar-refractivity contribution in [2.45, 2.75) is 44.7 Å². The van der Waals surface area contributed by atoms with Gasteiger partial charge in [0.2, 0.25) is 0 Å². The molecule has 1 aliphatic carbocycles. The molecule has 0 radical (unpaired) electrons. The van der Waals surface area contributed by atoms with Crippen molar-refractivity contribution < 1.29 is 4.39 Å². The lowest BCUT2D eigenvalue weighted by molar-refractivity contribution is 0.460. The van der Waals surface area contributed by atoms with Crippen LogP contribution >= 0.6 is 15.9 Å². The zero-order valence-corrected chi connectivity index (χ0v) is 11.1. The van der Waals surface area contributed by atoms with Crippen molar-refractivity contribution >= 4 is 15.9 Å². The Kier molecular flexibility index (Phi) is 3.98. The van der Waals surface area contributed by atoms with Gasteiger partial charge in [0.05, 0.1) is 0 Å². The molecule has 88 valence electrons. The largest absolute Gasteiger partial charge is 0.307 e. The van der Waals surface area contributed by atoms with Gasteiger partial charge in [0.15, 0.2) is 0 Å². The minimum absolute atomic E-state index is 0.191. The van der Waals surface area contributed by atoms with Crippen molar-refractivity contribution in [3.63, 3.8) is 0 Å². The average molecular weight is 286 g/mol. The molecule has 1 nitrogen and oxygen atoms in total. The molecule has 0 aliphatic heterocycles. The molecule has 1 unspecified atom stereocenters. The van der Waals surface area contributed by atoms with Gasteiger partial charge in [0.25, 0.3) is 0 Å². The van der Waals surface area contributed by atoms with Crippen molar-refractivity contribution in [2.24, 2.45) is 0 Å². The molecule has 0 amide bonds. The van der Waals surface area contributed by atoms with E-state index in [0.29, 0.717) is 6.04 Å². The van der Waals surface area contributed by atoms with Crippen LogP contribution in [0.4, 0.5) is 4.39 Å². The second-order valence-corrected chi connectivity index (χ2v) is 5.39. The van der Waals surface area contributed by atoms with E-state index in [2.05, 4.69) is 28.2 Å². The summed E-state index contributed by atoms with van der Waals surface area (Å²) in [6.07, 6.45) is 5.19. The van der Waals surface area contributed by atoms with Crippen LogP contribution in [0.15, 0.2) is 22.7 Å². The van der Waals surface area contributed by atoms with Crippen LogP contribution in [0, 0.1) is 5.82 Å². The van der Waals surface area contributed by atoms with Crippen molar-refractivity contribution in [2.75, 3.05) is 0 Å². The van der Waals surface area contributed by atoms with Crippen LogP contribution in [0.1, 0.15) is 44.2 Å². The molecule has 0 spiro atoms. The predicted molar refractivity (Wildman–Crippen MR) is 67.9 cm³/mol.